The quantitative estimate of drug-likeness (QED) is 0.556. The molecule has 118 valence electrons. The van der Waals surface area contributed by atoms with Crippen LogP contribution in [-0.4, -0.2) is 43.0 Å². The Balaban J connectivity index is 2.87. The number of aliphatic hydroxyl groups excluding tert-OH is 1. The number of aryl methyl sites for hydroxylation is 1. The molecule has 0 fully saturated rings. The van der Waals surface area contributed by atoms with Crippen LogP contribution in [-0.2, 0) is 10.0 Å². The first-order chi connectivity index (χ1) is 9.80. The number of unbranched alkanes of at least 4 members (excludes halogenated alkanes) is 2. The van der Waals surface area contributed by atoms with Gasteiger partial charge in [-0.15, -0.1) is 0 Å². The number of hydrogen-bond acceptors (Lipinski definition) is 4. The zero-order valence-electron chi connectivity index (χ0n) is 12.4. The van der Waals surface area contributed by atoms with E-state index >= 15 is 0 Å². The van der Waals surface area contributed by atoms with E-state index in [2.05, 4.69) is 0 Å². The summed E-state index contributed by atoms with van der Waals surface area (Å²) in [4.78, 5) is 0.499. The zero-order chi connectivity index (χ0) is 16.0. The van der Waals surface area contributed by atoms with E-state index in [0.29, 0.717) is 18.5 Å². The first-order valence-corrected chi connectivity index (χ1v) is 8.63. The molecule has 0 heterocycles. The van der Waals surface area contributed by atoms with E-state index in [9.17, 15) is 8.42 Å². The molecule has 0 saturated heterocycles. The van der Waals surface area contributed by atoms with Crippen molar-refractivity contribution in [3.05, 3.63) is 29.3 Å². The van der Waals surface area contributed by atoms with E-state index < -0.39 is 10.0 Å². The summed E-state index contributed by atoms with van der Waals surface area (Å²) in [5.41, 5.74) is 7.02. The predicted molar refractivity (Wildman–Crippen MR) is 87.8 cm³/mol. The van der Waals surface area contributed by atoms with Crippen LogP contribution in [0.5, 0.6) is 0 Å². The SMILES string of the molecule is Cc1cc(S(=O)(=O)N(C)CCCCCO)ccc1C(N)=S. The number of sulfonamides is 1. The molecule has 0 saturated carbocycles. The van der Waals surface area contributed by atoms with Crippen LogP contribution in [0.25, 0.3) is 0 Å². The van der Waals surface area contributed by atoms with E-state index in [1.807, 2.05) is 0 Å². The molecule has 5 nitrogen and oxygen atoms in total. The first kappa shape index (κ1) is 18.0. The number of thiocarbonyl (C=S) groups is 1. The predicted octanol–water partition coefficient (Wildman–Crippen LogP) is 1.41. The summed E-state index contributed by atoms with van der Waals surface area (Å²) in [7, 11) is -1.94. The maximum absolute atomic E-state index is 12.4. The minimum absolute atomic E-state index is 0.135. The van der Waals surface area contributed by atoms with E-state index in [1.54, 1.807) is 26.1 Å². The van der Waals surface area contributed by atoms with Gasteiger partial charge in [0.1, 0.15) is 4.99 Å². The molecular weight excluding hydrogens is 308 g/mol. The van der Waals surface area contributed by atoms with E-state index in [-0.39, 0.29) is 16.5 Å². The molecule has 0 unspecified atom stereocenters. The highest BCUT2D eigenvalue weighted by Gasteiger charge is 2.21. The number of benzene rings is 1. The standard InChI is InChI=1S/C14H22N2O3S2/c1-11-10-12(6-7-13(11)14(15)20)21(18,19)16(2)8-4-3-5-9-17/h6-7,10,17H,3-5,8-9H2,1-2H3,(H2,15,20). The van der Waals surface area contributed by atoms with Crippen LogP contribution in [0.4, 0.5) is 0 Å². The van der Waals surface area contributed by atoms with Crippen molar-refractivity contribution in [3.63, 3.8) is 0 Å². The van der Waals surface area contributed by atoms with Gasteiger partial charge in [0.05, 0.1) is 4.90 Å². The van der Waals surface area contributed by atoms with Crippen LogP contribution >= 0.6 is 12.2 Å². The fourth-order valence-corrected chi connectivity index (χ4v) is 3.52. The third kappa shape index (κ3) is 4.74. The van der Waals surface area contributed by atoms with Gasteiger partial charge in [0, 0.05) is 25.8 Å². The Kier molecular flexibility index (Phi) is 6.73. The number of nitrogens with two attached hydrogens (primary N) is 1. The van der Waals surface area contributed by atoms with Gasteiger partial charge in [-0.05, 0) is 43.9 Å². The second-order valence-electron chi connectivity index (χ2n) is 4.95. The van der Waals surface area contributed by atoms with E-state index in [0.717, 1.165) is 18.4 Å². The lowest BCUT2D eigenvalue weighted by Gasteiger charge is -2.18. The molecule has 21 heavy (non-hydrogen) atoms. The second-order valence-corrected chi connectivity index (χ2v) is 7.44. The molecule has 0 bridgehead atoms. The number of nitrogens with zero attached hydrogens (tertiary/aromatic N) is 1. The van der Waals surface area contributed by atoms with Gasteiger partial charge in [-0.3, -0.25) is 0 Å². The summed E-state index contributed by atoms with van der Waals surface area (Å²) in [6.07, 6.45) is 2.21. The van der Waals surface area contributed by atoms with E-state index in [1.165, 1.54) is 10.4 Å². The molecule has 7 heteroatoms. The average molecular weight is 330 g/mol. The lowest BCUT2D eigenvalue weighted by molar-refractivity contribution is 0.281. The molecule has 0 radical (unpaired) electrons. The molecule has 0 aliphatic heterocycles. The molecule has 0 aliphatic carbocycles. The van der Waals surface area contributed by atoms with Gasteiger partial charge in [0.2, 0.25) is 10.0 Å². The Labute approximate surface area is 131 Å². The highest BCUT2D eigenvalue weighted by atomic mass is 32.2. The van der Waals surface area contributed by atoms with Crippen molar-refractivity contribution in [2.45, 2.75) is 31.1 Å². The summed E-state index contributed by atoms with van der Waals surface area (Å²) < 4.78 is 26.2. The third-order valence-electron chi connectivity index (χ3n) is 3.30. The smallest absolute Gasteiger partial charge is 0.242 e. The molecule has 1 aromatic carbocycles. The number of rotatable bonds is 8. The molecule has 0 amide bonds. The van der Waals surface area contributed by atoms with Crippen molar-refractivity contribution in [3.8, 4) is 0 Å². The Morgan fingerprint density at radius 3 is 2.52 bits per heavy atom. The Morgan fingerprint density at radius 1 is 1.33 bits per heavy atom. The fraction of sp³-hybridized carbons (Fsp3) is 0.500. The minimum atomic E-state index is -3.50. The molecule has 0 aliphatic rings. The van der Waals surface area contributed by atoms with Gasteiger partial charge in [-0.25, -0.2) is 12.7 Å². The lowest BCUT2D eigenvalue weighted by atomic mass is 10.1. The summed E-state index contributed by atoms with van der Waals surface area (Å²) >= 11 is 4.92. The maximum atomic E-state index is 12.4. The van der Waals surface area contributed by atoms with Crippen molar-refractivity contribution < 1.29 is 13.5 Å². The monoisotopic (exact) mass is 330 g/mol. The minimum Gasteiger partial charge on any atom is -0.396 e. The molecule has 1 aromatic rings. The van der Waals surface area contributed by atoms with Crippen molar-refractivity contribution >= 4 is 27.2 Å². The van der Waals surface area contributed by atoms with Crippen LogP contribution in [0.2, 0.25) is 0 Å². The maximum Gasteiger partial charge on any atom is 0.242 e. The summed E-state index contributed by atoms with van der Waals surface area (Å²) in [5, 5.41) is 8.72. The van der Waals surface area contributed by atoms with Crippen LogP contribution in [0, 0.1) is 6.92 Å². The summed E-state index contributed by atoms with van der Waals surface area (Å²) in [6, 6.07) is 4.76. The van der Waals surface area contributed by atoms with Crippen molar-refractivity contribution in [1.29, 1.82) is 0 Å². The first-order valence-electron chi connectivity index (χ1n) is 6.78. The number of aliphatic hydroxyl groups is 1. The van der Waals surface area contributed by atoms with Crippen LogP contribution < -0.4 is 5.73 Å². The highest BCUT2D eigenvalue weighted by Crippen LogP contribution is 2.19. The Bertz CT molecular complexity index is 600. The zero-order valence-corrected chi connectivity index (χ0v) is 14.0. The summed E-state index contributed by atoms with van der Waals surface area (Å²) in [6.45, 7) is 2.35. The van der Waals surface area contributed by atoms with Gasteiger partial charge in [0.15, 0.2) is 0 Å². The van der Waals surface area contributed by atoms with Gasteiger partial charge < -0.3 is 10.8 Å². The largest absolute Gasteiger partial charge is 0.396 e. The topological polar surface area (TPSA) is 83.6 Å². The third-order valence-corrected chi connectivity index (χ3v) is 5.38. The van der Waals surface area contributed by atoms with Crippen LogP contribution in [0.3, 0.4) is 0 Å². The molecule has 3 N–H and O–H groups in total. The van der Waals surface area contributed by atoms with Gasteiger partial charge in [-0.1, -0.05) is 18.3 Å². The molecule has 0 spiro atoms. The van der Waals surface area contributed by atoms with Gasteiger partial charge in [0.25, 0.3) is 0 Å². The summed E-state index contributed by atoms with van der Waals surface area (Å²) in [5.74, 6) is 0. The van der Waals surface area contributed by atoms with Gasteiger partial charge in [-0.2, -0.15) is 0 Å². The van der Waals surface area contributed by atoms with Crippen molar-refractivity contribution in [2.75, 3.05) is 20.2 Å². The molecule has 0 atom stereocenters. The highest BCUT2D eigenvalue weighted by molar-refractivity contribution is 7.89. The molecular formula is C14H22N2O3S2. The average Bonchev–Trinajstić information content (AvgIpc) is 2.42. The fourth-order valence-electron chi connectivity index (χ4n) is 2.00. The second kappa shape index (κ2) is 7.84. The van der Waals surface area contributed by atoms with E-state index in [4.69, 9.17) is 23.1 Å². The van der Waals surface area contributed by atoms with Crippen LogP contribution in [0.15, 0.2) is 23.1 Å². The Hall–Kier alpha value is -1.02. The normalized spacial score (nSPS) is 11.8. The Morgan fingerprint density at radius 2 is 2.00 bits per heavy atom. The lowest BCUT2D eigenvalue weighted by Crippen LogP contribution is -2.28. The van der Waals surface area contributed by atoms with Gasteiger partial charge >= 0.3 is 0 Å². The van der Waals surface area contributed by atoms with Crippen LogP contribution in [0.1, 0.15) is 30.4 Å². The van der Waals surface area contributed by atoms with Crippen molar-refractivity contribution in [2.24, 2.45) is 5.73 Å². The molecule has 1 rings (SSSR count). The van der Waals surface area contributed by atoms with Crippen molar-refractivity contribution in [1.82, 2.24) is 4.31 Å². The number of hydrogen-bond donors (Lipinski definition) is 2. The molecule has 0 aromatic heterocycles.